The molecule has 1 aliphatic carbocycles. The van der Waals surface area contributed by atoms with E-state index in [1.54, 1.807) is 0 Å². The third-order valence-corrected chi connectivity index (χ3v) is 3.94. The Hall–Kier alpha value is -0.0800. The molecule has 1 aliphatic rings. The van der Waals surface area contributed by atoms with Crippen LogP contribution in [0.1, 0.15) is 52.9 Å². The zero-order chi connectivity index (χ0) is 12.0. The van der Waals surface area contributed by atoms with Gasteiger partial charge in [0.05, 0.1) is 6.10 Å². The number of hydrogen-bond acceptors (Lipinski definition) is 2. The minimum absolute atomic E-state index is 0.433. The van der Waals surface area contributed by atoms with Gasteiger partial charge in [-0.15, -0.1) is 0 Å². The first-order valence-electron chi connectivity index (χ1n) is 6.99. The van der Waals surface area contributed by atoms with Gasteiger partial charge in [0.1, 0.15) is 0 Å². The maximum absolute atomic E-state index is 6.05. The lowest BCUT2D eigenvalue weighted by Gasteiger charge is -2.35. The van der Waals surface area contributed by atoms with Crippen molar-refractivity contribution in [3.63, 3.8) is 0 Å². The monoisotopic (exact) mass is 227 g/mol. The third kappa shape index (κ3) is 4.42. The molecule has 0 aromatic carbocycles. The molecule has 0 amide bonds. The summed E-state index contributed by atoms with van der Waals surface area (Å²) < 4.78 is 6.05. The average Bonchev–Trinajstić information content (AvgIpc) is 2.28. The van der Waals surface area contributed by atoms with E-state index in [0.717, 1.165) is 25.0 Å². The molecule has 2 N–H and O–H groups in total. The van der Waals surface area contributed by atoms with Crippen molar-refractivity contribution in [2.45, 2.75) is 59.0 Å². The Kier molecular flexibility index (Phi) is 6.37. The van der Waals surface area contributed by atoms with Crippen LogP contribution in [0.5, 0.6) is 0 Å². The molecule has 0 aromatic heterocycles. The molecule has 16 heavy (non-hydrogen) atoms. The van der Waals surface area contributed by atoms with E-state index in [4.69, 9.17) is 10.5 Å². The van der Waals surface area contributed by atoms with Crippen LogP contribution < -0.4 is 5.73 Å². The van der Waals surface area contributed by atoms with Crippen molar-refractivity contribution in [2.75, 3.05) is 13.2 Å². The van der Waals surface area contributed by atoms with Gasteiger partial charge in [-0.2, -0.15) is 0 Å². The standard InChI is InChI=1S/C14H29NO/c1-4-12-5-6-13(10-15)14(9-12)16-8-7-11(2)3/h11-14H,4-10,15H2,1-3H3. The van der Waals surface area contributed by atoms with E-state index < -0.39 is 0 Å². The van der Waals surface area contributed by atoms with Crippen molar-refractivity contribution in [1.29, 1.82) is 0 Å². The van der Waals surface area contributed by atoms with Crippen LogP contribution in [0.2, 0.25) is 0 Å². The topological polar surface area (TPSA) is 35.2 Å². The molecule has 3 unspecified atom stereocenters. The molecule has 96 valence electrons. The molecule has 0 heterocycles. The lowest BCUT2D eigenvalue weighted by atomic mass is 9.78. The summed E-state index contributed by atoms with van der Waals surface area (Å²) in [6.07, 6.45) is 6.74. The summed E-state index contributed by atoms with van der Waals surface area (Å²) in [6.45, 7) is 8.50. The van der Waals surface area contributed by atoms with Crippen molar-refractivity contribution in [3.05, 3.63) is 0 Å². The normalized spacial score (nSPS) is 30.9. The Morgan fingerprint density at radius 1 is 1.31 bits per heavy atom. The van der Waals surface area contributed by atoms with Crippen LogP contribution in [0.25, 0.3) is 0 Å². The summed E-state index contributed by atoms with van der Waals surface area (Å²) in [5.74, 6) is 2.21. The highest BCUT2D eigenvalue weighted by Gasteiger charge is 2.29. The second kappa shape index (κ2) is 7.29. The number of ether oxygens (including phenoxy) is 1. The molecule has 2 heteroatoms. The number of hydrogen-bond donors (Lipinski definition) is 1. The molecule has 0 aliphatic heterocycles. The molecular weight excluding hydrogens is 198 g/mol. The van der Waals surface area contributed by atoms with Crippen molar-refractivity contribution >= 4 is 0 Å². The van der Waals surface area contributed by atoms with Crippen molar-refractivity contribution in [3.8, 4) is 0 Å². The van der Waals surface area contributed by atoms with E-state index in [-0.39, 0.29) is 0 Å². The summed E-state index contributed by atoms with van der Waals surface area (Å²) in [6, 6.07) is 0. The van der Waals surface area contributed by atoms with Crippen LogP contribution in [0, 0.1) is 17.8 Å². The second-order valence-corrected chi connectivity index (χ2v) is 5.67. The summed E-state index contributed by atoms with van der Waals surface area (Å²) in [5.41, 5.74) is 5.83. The van der Waals surface area contributed by atoms with E-state index in [1.807, 2.05) is 0 Å². The smallest absolute Gasteiger partial charge is 0.0617 e. The highest BCUT2D eigenvalue weighted by molar-refractivity contribution is 4.81. The number of rotatable bonds is 6. The molecule has 1 saturated carbocycles. The van der Waals surface area contributed by atoms with Crippen LogP contribution in [0.4, 0.5) is 0 Å². The quantitative estimate of drug-likeness (QED) is 0.756. The fourth-order valence-electron chi connectivity index (χ4n) is 2.57. The zero-order valence-corrected chi connectivity index (χ0v) is 11.2. The van der Waals surface area contributed by atoms with Gasteiger partial charge in [-0.25, -0.2) is 0 Å². The molecule has 0 bridgehead atoms. The summed E-state index contributed by atoms with van der Waals surface area (Å²) in [7, 11) is 0. The summed E-state index contributed by atoms with van der Waals surface area (Å²) >= 11 is 0. The van der Waals surface area contributed by atoms with Gasteiger partial charge in [0.2, 0.25) is 0 Å². The Morgan fingerprint density at radius 3 is 2.62 bits per heavy atom. The molecule has 0 spiro atoms. The van der Waals surface area contributed by atoms with E-state index in [1.165, 1.54) is 32.1 Å². The van der Waals surface area contributed by atoms with Crippen LogP contribution in [0.15, 0.2) is 0 Å². The van der Waals surface area contributed by atoms with Gasteiger partial charge in [0.15, 0.2) is 0 Å². The van der Waals surface area contributed by atoms with Gasteiger partial charge in [-0.1, -0.05) is 27.2 Å². The minimum atomic E-state index is 0.433. The molecule has 1 fully saturated rings. The predicted octanol–water partition coefficient (Wildman–Crippen LogP) is 3.20. The molecule has 0 aromatic rings. The Bertz CT molecular complexity index is 182. The van der Waals surface area contributed by atoms with E-state index in [9.17, 15) is 0 Å². The summed E-state index contributed by atoms with van der Waals surface area (Å²) in [4.78, 5) is 0. The SMILES string of the molecule is CCC1CCC(CN)C(OCCC(C)C)C1. The first-order valence-corrected chi connectivity index (χ1v) is 6.99. The van der Waals surface area contributed by atoms with E-state index >= 15 is 0 Å². The Balaban J connectivity index is 2.33. The van der Waals surface area contributed by atoms with Gasteiger partial charge in [-0.3, -0.25) is 0 Å². The van der Waals surface area contributed by atoms with Crippen molar-refractivity contribution < 1.29 is 4.74 Å². The highest BCUT2D eigenvalue weighted by Crippen LogP contribution is 2.32. The zero-order valence-electron chi connectivity index (χ0n) is 11.2. The lowest BCUT2D eigenvalue weighted by molar-refractivity contribution is -0.0273. The highest BCUT2D eigenvalue weighted by atomic mass is 16.5. The fourth-order valence-corrected chi connectivity index (χ4v) is 2.57. The average molecular weight is 227 g/mol. The minimum Gasteiger partial charge on any atom is -0.378 e. The maximum atomic E-state index is 6.05. The molecular formula is C14H29NO. The van der Waals surface area contributed by atoms with Crippen LogP contribution in [0.3, 0.4) is 0 Å². The fraction of sp³-hybridized carbons (Fsp3) is 1.00. The van der Waals surface area contributed by atoms with Crippen molar-refractivity contribution in [1.82, 2.24) is 0 Å². The molecule has 3 atom stereocenters. The molecule has 0 saturated heterocycles. The lowest BCUT2D eigenvalue weighted by Crippen LogP contribution is -2.36. The molecule has 2 nitrogen and oxygen atoms in total. The second-order valence-electron chi connectivity index (χ2n) is 5.67. The van der Waals surface area contributed by atoms with E-state index in [0.29, 0.717) is 12.0 Å². The predicted molar refractivity (Wildman–Crippen MR) is 69.4 cm³/mol. The van der Waals surface area contributed by atoms with Crippen molar-refractivity contribution in [2.24, 2.45) is 23.5 Å². The maximum Gasteiger partial charge on any atom is 0.0617 e. The first-order chi connectivity index (χ1) is 7.67. The van der Waals surface area contributed by atoms with E-state index in [2.05, 4.69) is 20.8 Å². The van der Waals surface area contributed by atoms with Crippen LogP contribution in [-0.2, 0) is 4.74 Å². The first kappa shape index (κ1) is 14.0. The third-order valence-electron chi connectivity index (χ3n) is 3.94. The molecule has 1 rings (SSSR count). The van der Waals surface area contributed by atoms with Crippen LogP contribution in [-0.4, -0.2) is 19.3 Å². The van der Waals surface area contributed by atoms with Gasteiger partial charge in [0.25, 0.3) is 0 Å². The van der Waals surface area contributed by atoms with Gasteiger partial charge in [-0.05, 0) is 50.0 Å². The number of nitrogens with two attached hydrogens (primary N) is 1. The Morgan fingerprint density at radius 2 is 2.06 bits per heavy atom. The van der Waals surface area contributed by atoms with Gasteiger partial charge >= 0.3 is 0 Å². The van der Waals surface area contributed by atoms with Crippen LogP contribution >= 0.6 is 0 Å². The van der Waals surface area contributed by atoms with Gasteiger partial charge < -0.3 is 10.5 Å². The largest absolute Gasteiger partial charge is 0.378 e. The molecule has 0 radical (unpaired) electrons. The summed E-state index contributed by atoms with van der Waals surface area (Å²) in [5, 5.41) is 0. The van der Waals surface area contributed by atoms with Gasteiger partial charge in [0, 0.05) is 6.61 Å². The Labute approximate surface area is 101 Å².